The van der Waals surface area contributed by atoms with Gasteiger partial charge in [-0.3, -0.25) is 4.79 Å². The molecule has 0 spiro atoms. The van der Waals surface area contributed by atoms with Gasteiger partial charge >= 0.3 is 0 Å². The van der Waals surface area contributed by atoms with Crippen LogP contribution in [0, 0.1) is 5.92 Å². The van der Waals surface area contributed by atoms with Gasteiger partial charge in [0.25, 0.3) is 5.91 Å². The Morgan fingerprint density at radius 2 is 2.04 bits per heavy atom. The normalized spacial score (nSPS) is 10.4. The van der Waals surface area contributed by atoms with Crippen LogP contribution in [0.3, 0.4) is 0 Å². The summed E-state index contributed by atoms with van der Waals surface area (Å²) in [6.45, 7) is 5.27. The van der Waals surface area contributed by atoms with Crippen LogP contribution >= 0.6 is 0 Å². The second-order valence-corrected chi connectivity index (χ2v) is 5.73. The number of ether oxygens (including phenoxy) is 1. The molecule has 2 rings (SSSR count). The number of rotatable bonds is 7. The quantitative estimate of drug-likeness (QED) is 0.816. The maximum atomic E-state index is 12.2. The Morgan fingerprint density at radius 3 is 2.70 bits per heavy atom. The Kier molecular flexibility index (Phi) is 5.97. The average molecular weight is 313 g/mol. The minimum atomic E-state index is -0.244. The Balaban J connectivity index is 1.94. The summed E-state index contributed by atoms with van der Waals surface area (Å²) in [6.07, 6.45) is 2.78. The molecule has 0 unspecified atom stereocenters. The number of benzene rings is 1. The van der Waals surface area contributed by atoms with Crippen LogP contribution < -0.4 is 15.4 Å². The smallest absolute Gasteiger partial charge is 0.274 e. The number of aromatic nitrogens is 1. The topological polar surface area (TPSA) is 63.2 Å². The minimum absolute atomic E-state index is 0.244. The molecule has 0 aliphatic carbocycles. The van der Waals surface area contributed by atoms with E-state index in [1.54, 1.807) is 25.4 Å². The molecule has 0 saturated heterocycles. The number of amides is 1. The molecule has 0 atom stereocenters. The number of hydrogen-bond acceptors (Lipinski definition) is 4. The van der Waals surface area contributed by atoms with Gasteiger partial charge in [-0.25, -0.2) is 4.98 Å². The molecule has 0 aliphatic heterocycles. The van der Waals surface area contributed by atoms with Crippen molar-refractivity contribution < 1.29 is 9.53 Å². The van der Waals surface area contributed by atoms with E-state index in [0.29, 0.717) is 23.0 Å². The van der Waals surface area contributed by atoms with E-state index in [9.17, 15) is 4.79 Å². The van der Waals surface area contributed by atoms with Crippen LogP contribution in [0.2, 0.25) is 0 Å². The third kappa shape index (κ3) is 5.29. The summed E-state index contributed by atoms with van der Waals surface area (Å²) in [5.74, 6) is 1.11. The first-order valence-corrected chi connectivity index (χ1v) is 7.74. The summed E-state index contributed by atoms with van der Waals surface area (Å²) in [7, 11) is 1.59. The fourth-order valence-electron chi connectivity index (χ4n) is 2.03. The number of hydrogen-bond donors (Lipinski definition) is 2. The third-order valence-electron chi connectivity index (χ3n) is 3.37. The maximum absolute atomic E-state index is 12.2. The van der Waals surface area contributed by atoms with Crippen molar-refractivity contribution >= 4 is 17.3 Å². The molecule has 1 aromatic heterocycles. The first kappa shape index (κ1) is 16.8. The van der Waals surface area contributed by atoms with Gasteiger partial charge in [0.1, 0.15) is 11.4 Å². The van der Waals surface area contributed by atoms with Gasteiger partial charge < -0.3 is 15.4 Å². The SMILES string of the molecule is COc1cccc(NC(=O)c2ccc(NCCC(C)C)cn2)c1. The third-order valence-corrected chi connectivity index (χ3v) is 3.37. The summed E-state index contributed by atoms with van der Waals surface area (Å²) < 4.78 is 5.14. The molecule has 5 heteroatoms. The molecule has 2 N–H and O–H groups in total. The highest BCUT2D eigenvalue weighted by Crippen LogP contribution is 2.17. The summed E-state index contributed by atoms with van der Waals surface area (Å²) in [5, 5.41) is 6.10. The standard InChI is InChI=1S/C18H23N3O2/c1-13(2)9-10-19-15-7-8-17(20-12-15)18(22)21-14-5-4-6-16(11-14)23-3/h4-8,11-13,19H,9-10H2,1-3H3,(H,21,22). The monoisotopic (exact) mass is 313 g/mol. The Bertz CT molecular complexity index is 639. The van der Waals surface area contributed by atoms with Gasteiger partial charge in [-0.05, 0) is 36.6 Å². The summed E-state index contributed by atoms with van der Waals surface area (Å²) in [6, 6.07) is 10.8. The van der Waals surface area contributed by atoms with Crippen molar-refractivity contribution in [2.24, 2.45) is 5.92 Å². The second kappa shape index (κ2) is 8.17. The largest absolute Gasteiger partial charge is 0.497 e. The Hall–Kier alpha value is -2.56. The van der Waals surface area contributed by atoms with Gasteiger partial charge in [0, 0.05) is 18.3 Å². The number of methoxy groups -OCH3 is 1. The van der Waals surface area contributed by atoms with Crippen molar-refractivity contribution in [3.05, 3.63) is 48.3 Å². The predicted molar refractivity (Wildman–Crippen MR) is 93.1 cm³/mol. The molecule has 1 amide bonds. The zero-order valence-electron chi connectivity index (χ0n) is 13.8. The fourth-order valence-corrected chi connectivity index (χ4v) is 2.03. The van der Waals surface area contributed by atoms with Gasteiger partial charge in [-0.1, -0.05) is 19.9 Å². The Labute approximate surface area is 137 Å². The van der Waals surface area contributed by atoms with E-state index in [2.05, 4.69) is 29.5 Å². The lowest BCUT2D eigenvalue weighted by atomic mass is 10.1. The van der Waals surface area contributed by atoms with Gasteiger partial charge in [0.2, 0.25) is 0 Å². The lowest BCUT2D eigenvalue weighted by Crippen LogP contribution is -2.14. The lowest BCUT2D eigenvalue weighted by molar-refractivity contribution is 0.102. The van der Waals surface area contributed by atoms with Crippen LogP contribution in [-0.4, -0.2) is 24.5 Å². The summed E-state index contributed by atoms with van der Waals surface area (Å²) in [4.78, 5) is 16.4. The molecule has 0 radical (unpaired) electrons. The molecular weight excluding hydrogens is 290 g/mol. The van der Waals surface area contributed by atoms with Crippen molar-refractivity contribution in [1.82, 2.24) is 4.98 Å². The number of anilines is 2. The first-order valence-electron chi connectivity index (χ1n) is 7.74. The number of pyridine rings is 1. The number of nitrogens with one attached hydrogen (secondary N) is 2. The molecule has 0 aliphatic rings. The zero-order chi connectivity index (χ0) is 16.7. The molecule has 2 aromatic rings. The predicted octanol–water partition coefficient (Wildman–Crippen LogP) is 3.80. The lowest BCUT2D eigenvalue weighted by Gasteiger charge is -2.09. The highest BCUT2D eigenvalue weighted by atomic mass is 16.5. The van der Waals surface area contributed by atoms with Crippen molar-refractivity contribution in [2.45, 2.75) is 20.3 Å². The van der Waals surface area contributed by atoms with Crippen LogP contribution in [-0.2, 0) is 0 Å². The van der Waals surface area contributed by atoms with E-state index in [1.807, 2.05) is 24.3 Å². The molecule has 0 bridgehead atoms. The van der Waals surface area contributed by atoms with E-state index >= 15 is 0 Å². The van der Waals surface area contributed by atoms with E-state index in [4.69, 9.17) is 4.74 Å². The molecule has 23 heavy (non-hydrogen) atoms. The highest BCUT2D eigenvalue weighted by molar-refractivity contribution is 6.03. The molecule has 5 nitrogen and oxygen atoms in total. The van der Waals surface area contributed by atoms with E-state index in [-0.39, 0.29) is 5.91 Å². The van der Waals surface area contributed by atoms with Gasteiger partial charge in [0.05, 0.1) is 19.0 Å². The molecule has 1 aromatic carbocycles. The minimum Gasteiger partial charge on any atom is -0.497 e. The molecule has 0 saturated carbocycles. The van der Waals surface area contributed by atoms with E-state index < -0.39 is 0 Å². The van der Waals surface area contributed by atoms with Crippen molar-refractivity contribution in [1.29, 1.82) is 0 Å². The average Bonchev–Trinajstić information content (AvgIpc) is 2.55. The van der Waals surface area contributed by atoms with Crippen LogP contribution in [0.5, 0.6) is 5.75 Å². The summed E-state index contributed by atoms with van der Waals surface area (Å²) >= 11 is 0. The molecule has 0 fully saturated rings. The van der Waals surface area contributed by atoms with Crippen LogP contribution in [0.1, 0.15) is 30.8 Å². The van der Waals surface area contributed by atoms with Gasteiger partial charge in [0.15, 0.2) is 0 Å². The van der Waals surface area contributed by atoms with Crippen LogP contribution in [0.15, 0.2) is 42.6 Å². The van der Waals surface area contributed by atoms with Crippen LogP contribution in [0.4, 0.5) is 11.4 Å². The maximum Gasteiger partial charge on any atom is 0.274 e. The fraction of sp³-hybridized carbons (Fsp3) is 0.333. The Morgan fingerprint density at radius 1 is 1.22 bits per heavy atom. The summed E-state index contributed by atoms with van der Waals surface area (Å²) in [5.41, 5.74) is 1.97. The van der Waals surface area contributed by atoms with Crippen molar-refractivity contribution in [3.63, 3.8) is 0 Å². The van der Waals surface area contributed by atoms with Crippen molar-refractivity contribution in [3.8, 4) is 5.75 Å². The molecular formula is C18H23N3O2. The number of carbonyl (C=O) groups is 1. The first-order chi connectivity index (χ1) is 11.1. The zero-order valence-corrected chi connectivity index (χ0v) is 13.8. The van der Waals surface area contributed by atoms with E-state index in [0.717, 1.165) is 18.7 Å². The van der Waals surface area contributed by atoms with E-state index in [1.165, 1.54) is 0 Å². The number of carbonyl (C=O) groups excluding carboxylic acids is 1. The molecule has 122 valence electrons. The van der Waals surface area contributed by atoms with Gasteiger partial charge in [-0.15, -0.1) is 0 Å². The number of nitrogens with zero attached hydrogens (tertiary/aromatic N) is 1. The second-order valence-electron chi connectivity index (χ2n) is 5.73. The van der Waals surface area contributed by atoms with Crippen molar-refractivity contribution in [2.75, 3.05) is 24.3 Å². The highest BCUT2D eigenvalue weighted by Gasteiger charge is 2.08. The van der Waals surface area contributed by atoms with Gasteiger partial charge in [-0.2, -0.15) is 0 Å². The van der Waals surface area contributed by atoms with Crippen LogP contribution in [0.25, 0.3) is 0 Å². The molecule has 1 heterocycles.